The second kappa shape index (κ2) is 6.20. The van der Waals surface area contributed by atoms with Crippen molar-refractivity contribution in [2.24, 2.45) is 5.73 Å². The Kier molecular flexibility index (Phi) is 4.08. The van der Waals surface area contributed by atoms with Crippen molar-refractivity contribution >= 4 is 16.9 Å². The average Bonchev–Trinajstić information content (AvgIpc) is 2.58. The van der Waals surface area contributed by atoms with Crippen LogP contribution in [-0.2, 0) is 0 Å². The van der Waals surface area contributed by atoms with Gasteiger partial charge in [0.05, 0.1) is 10.9 Å². The van der Waals surface area contributed by atoms with E-state index in [0.29, 0.717) is 23.0 Å². The van der Waals surface area contributed by atoms with E-state index in [0.717, 1.165) is 5.56 Å². The van der Waals surface area contributed by atoms with Crippen molar-refractivity contribution in [2.75, 3.05) is 0 Å². The Morgan fingerprint density at radius 2 is 1.96 bits per heavy atom. The lowest BCUT2D eigenvalue weighted by molar-refractivity contribution is 0.1000. The summed E-state index contributed by atoms with van der Waals surface area (Å²) in [5.74, 6) is -1.02. The van der Waals surface area contributed by atoms with Gasteiger partial charge in [0, 0.05) is 11.5 Å². The Bertz CT molecular complexity index is 975. The third kappa shape index (κ3) is 2.65. The van der Waals surface area contributed by atoms with Crippen LogP contribution in [0.15, 0.2) is 57.7 Å². The zero-order valence-electron chi connectivity index (χ0n) is 13.2. The van der Waals surface area contributed by atoms with Crippen LogP contribution < -0.4 is 11.4 Å². The van der Waals surface area contributed by atoms with Crippen LogP contribution in [0.3, 0.4) is 0 Å². The van der Waals surface area contributed by atoms with Gasteiger partial charge in [-0.05, 0) is 36.2 Å². The zero-order chi connectivity index (χ0) is 17.3. The fourth-order valence-electron chi connectivity index (χ4n) is 2.97. The van der Waals surface area contributed by atoms with Crippen molar-refractivity contribution in [1.82, 2.24) is 0 Å². The highest BCUT2D eigenvalue weighted by atomic mass is 16.4. The number of benzene rings is 2. The van der Waals surface area contributed by atoms with E-state index in [9.17, 15) is 14.7 Å². The number of para-hydroxylation sites is 1. The molecule has 5 nitrogen and oxygen atoms in total. The first-order valence-electron chi connectivity index (χ1n) is 7.67. The third-order valence-electron chi connectivity index (χ3n) is 4.15. The molecular weight excluding hydrogens is 306 g/mol. The van der Waals surface area contributed by atoms with E-state index in [1.807, 2.05) is 6.92 Å². The second-order valence-corrected chi connectivity index (χ2v) is 5.60. The molecule has 1 unspecified atom stereocenters. The van der Waals surface area contributed by atoms with Crippen LogP contribution in [0.5, 0.6) is 5.75 Å². The smallest absolute Gasteiger partial charge is 0.343 e. The minimum absolute atomic E-state index is 0.0850. The van der Waals surface area contributed by atoms with Crippen LogP contribution in [0.25, 0.3) is 11.0 Å². The first kappa shape index (κ1) is 15.8. The number of aromatic hydroxyl groups is 1. The summed E-state index contributed by atoms with van der Waals surface area (Å²) in [5.41, 5.74) is 6.36. The highest BCUT2D eigenvalue weighted by Crippen LogP contribution is 2.35. The number of hydrogen-bond acceptors (Lipinski definition) is 4. The number of carbonyl (C=O) groups is 1. The number of nitrogens with two attached hydrogens (primary N) is 1. The predicted molar refractivity (Wildman–Crippen MR) is 91.2 cm³/mol. The summed E-state index contributed by atoms with van der Waals surface area (Å²) in [7, 11) is 0. The van der Waals surface area contributed by atoms with E-state index in [1.165, 1.54) is 0 Å². The standard InChI is InChI=1S/C19H17NO4/c1-2-13(11-6-5-7-12(10-11)18(20)22)16-17(21)14-8-3-4-9-15(14)24-19(16)23/h3-10,13,21H,2H2,1H3,(H2,20,22). The molecule has 0 saturated heterocycles. The Labute approximate surface area is 138 Å². The molecule has 24 heavy (non-hydrogen) atoms. The van der Waals surface area contributed by atoms with Crippen molar-refractivity contribution < 1.29 is 14.3 Å². The van der Waals surface area contributed by atoms with E-state index in [4.69, 9.17) is 10.2 Å². The molecule has 122 valence electrons. The van der Waals surface area contributed by atoms with Gasteiger partial charge in [-0.15, -0.1) is 0 Å². The minimum Gasteiger partial charge on any atom is -0.507 e. The summed E-state index contributed by atoms with van der Waals surface area (Å²) in [4.78, 5) is 23.8. The van der Waals surface area contributed by atoms with E-state index in [2.05, 4.69) is 0 Å². The molecule has 0 aliphatic carbocycles. The topological polar surface area (TPSA) is 93.5 Å². The maximum atomic E-state index is 12.4. The van der Waals surface area contributed by atoms with Gasteiger partial charge in [0.2, 0.25) is 5.91 Å². The normalized spacial score (nSPS) is 12.2. The molecule has 0 spiro atoms. The number of fused-ring (bicyclic) bond motifs is 1. The monoisotopic (exact) mass is 323 g/mol. The predicted octanol–water partition coefficient (Wildman–Crippen LogP) is 3.14. The lowest BCUT2D eigenvalue weighted by atomic mass is 9.88. The van der Waals surface area contributed by atoms with Crippen LogP contribution in [0, 0.1) is 0 Å². The Morgan fingerprint density at radius 3 is 2.67 bits per heavy atom. The van der Waals surface area contributed by atoms with Crippen molar-refractivity contribution in [1.29, 1.82) is 0 Å². The summed E-state index contributed by atoms with van der Waals surface area (Å²) >= 11 is 0. The van der Waals surface area contributed by atoms with E-state index in [-0.39, 0.29) is 11.3 Å². The SMILES string of the molecule is CCC(c1cccc(C(N)=O)c1)c1c(O)c2ccccc2oc1=O. The Hall–Kier alpha value is -3.08. The van der Waals surface area contributed by atoms with Crippen LogP contribution in [-0.4, -0.2) is 11.0 Å². The van der Waals surface area contributed by atoms with Crippen LogP contribution in [0.2, 0.25) is 0 Å². The van der Waals surface area contributed by atoms with Gasteiger partial charge >= 0.3 is 5.63 Å². The molecule has 1 atom stereocenters. The summed E-state index contributed by atoms with van der Waals surface area (Å²) in [6, 6.07) is 13.6. The minimum atomic E-state index is -0.581. The quantitative estimate of drug-likeness (QED) is 0.721. The average molecular weight is 323 g/mol. The van der Waals surface area contributed by atoms with E-state index < -0.39 is 17.5 Å². The highest BCUT2D eigenvalue weighted by molar-refractivity contribution is 5.93. The zero-order valence-corrected chi connectivity index (χ0v) is 13.2. The molecule has 3 rings (SSSR count). The van der Waals surface area contributed by atoms with Gasteiger partial charge in [-0.1, -0.05) is 31.2 Å². The molecule has 3 aromatic rings. The summed E-state index contributed by atoms with van der Waals surface area (Å²) in [6.07, 6.45) is 0.554. The number of rotatable bonds is 4. The first-order valence-corrected chi connectivity index (χ1v) is 7.67. The van der Waals surface area contributed by atoms with Crippen LogP contribution in [0.4, 0.5) is 0 Å². The molecule has 2 aromatic carbocycles. The number of carbonyl (C=O) groups excluding carboxylic acids is 1. The third-order valence-corrected chi connectivity index (χ3v) is 4.15. The fraction of sp³-hybridized carbons (Fsp3) is 0.158. The van der Waals surface area contributed by atoms with Gasteiger partial charge in [0.25, 0.3) is 0 Å². The molecule has 1 heterocycles. The molecule has 0 aliphatic heterocycles. The summed E-state index contributed by atoms with van der Waals surface area (Å²) in [5, 5.41) is 11.1. The van der Waals surface area contributed by atoms with Crippen LogP contribution in [0.1, 0.15) is 40.7 Å². The maximum absolute atomic E-state index is 12.4. The van der Waals surface area contributed by atoms with Gasteiger partial charge in [-0.2, -0.15) is 0 Å². The van der Waals surface area contributed by atoms with Crippen molar-refractivity contribution in [3.8, 4) is 5.75 Å². The van der Waals surface area contributed by atoms with Crippen molar-refractivity contribution in [3.05, 3.63) is 75.6 Å². The number of amides is 1. The highest BCUT2D eigenvalue weighted by Gasteiger charge is 2.23. The molecule has 0 fully saturated rings. The summed E-state index contributed by atoms with van der Waals surface area (Å²) < 4.78 is 5.35. The van der Waals surface area contributed by atoms with Gasteiger partial charge < -0.3 is 15.3 Å². The van der Waals surface area contributed by atoms with Gasteiger partial charge in [-0.25, -0.2) is 4.79 Å². The molecular formula is C19H17NO4. The van der Waals surface area contributed by atoms with Gasteiger partial charge in [0.1, 0.15) is 11.3 Å². The van der Waals surface area contributed by atoms with Crippen molar-refractivity contribution in [3.63, 3.8) is 0 Å². The Balaban J connectivity index is 2.22. The second-order valence-electron chi connectivity index (χ2n) is 5.60. The molecule has 0 saturated carbocycles. The van der Waals surface area contributed by atoms with E-state index >= 15 is 0 Å². The molecule has 5 heteroatoms. The largest absolute Gasteiger partial charge is 0.507 e. The lowest BCUT2D eigenvalue weighted by Crippen LogP contribution is -2.15. The van der Waals surface area contributed by atoms with Crippen LogP contribution >= 0.6 is 0 Å². The number of hydrogen-bond donors (Lipinski definition) is 2. The molecule has 0 aliphatic rings. The fourth-order valence-corrected chi connectivity index (χ4v) is 2.97. The maximum Gasteiger partial charge on any atom is 0.343 e. The van der Waals surface area contributed by atoms with Crippen molar-refractivity contribution in [2.45, 2.75) is 19.3 Å². The molecule has 0 bridgehead atoms. The molecule has 3 N–H and O–H groups in total. The molecule has 1 aromatic heterocycles. The number of primary amides is 1. The summed E-state index contributed by atoms with van der Waals surface area (Å²) in [6.45, 7) is 1.90. The van der Waals surface area contributed by atoms with Gasteiger partial charge in [0.15, 0.2) is 0 Å². The molecule has 1 amide bonds. The van der Waals surface area contributed by atoms with Gasteiger partial charge in [-0.3, -0.25) is 4.79 Å². The lowest BCUT2D eigenvalue weighted by Gasteiger charge is -2.17. The van der Waals surface area contributed by atoms with E-state index in [1.54, 1.807) is 48.5 Å². The first-order chi connectivity index (χ1) is 11.5. The molecule has 0 radical (unpaired) electrons. The Morgan fingerprint density at radius 1 is 1.21 bits per heavy atom.